The second-order valence-electron chi connectivity index (χ2n) is 9.29. The number of nitrogens with zero attached hydrogens (tertiary/aromatic N) is 3. The lowest BCUT2D eigenvalue weighted by Gasteiger charge is -2.38. The van der Waals surface area contributed by atoms with E-state index in [1.807, 2.05) is 36.8 Å². The Hall–Kier alpha value is -2.10. The maximum atomic E-state index is 13.3. The molecule has 2 aliphatic heterocycles. The van der Waals surface area contributed by atoms with E-state index in [1.54, 1.807) is 12.3 Å². The number of pyridine rings is 1. The first-order valence-electron chi connectivity index (χ1n) is 11.5. The lowest BCUT2D eigenvalue weighted by molar-refractivity contribution is 0.356. The van der Waals surface area contributed by atoms with E-state index < -0.39 is 14.6 Å². The summed E-state index contributed by atoms with van der Waals surface area (Å²) in [6, 6.07) is 7.53. The smallest absolute Gasteiger partial charge is 0.193 e. The molecule has 2 aromatic heterocycles. The van der Waals surface area contributed by atoms with Crippen LogP contribution in [0.3, 0.4) is 0 Å². The van der Waals surface area contributed by atoms with Gasteiger partial charge in [0.2, 0.25) is 0 Å². The Labute approximate surface area is 213 Å². The summed E-state index contributed by atoms with van der Waals surface area (Å²) >= 11 is 4.96. The fourth-order valence-corrected chi connectivity index (χ4v) is 8.66. The van der Waals surface area contributed by atoms with Gasteiger partial charge in [0.05, 0.1) is 27.4 Å². The van der Waals surface area contributed by atoms with Crippen molar-refractivity contribution >= 4 is 49.0 Å². The molecule has 3 aliphatic rings. The average molecular weight is 560 g/mol. The van der Waals surface area contributed by atoms with Gasteiger partial charge in [0.25, 0.3) is 0 Å². The van der Waals surface area contributed by atoms with E-state index in [-0.39, 0.29) is 11.8 Å². The largest absolute Gasteiger partial charge is 0.384 e. The molecule has 5 rings (SSSR count). The summed E-state index contributed by atoms with van der Waals surface area (Å²) < 4.78 is 27.2. The number of dihydropyridines is 2. The van der Waals surface area contributed by atoms with Crippen molar-refractivity contribution in [3.63, 3.8) is 0 Å². The number of halogens is 1. The lowest BCUT2D eigenvalue weighted by Crippen LogP contribution is -2.41. The van der Waals surface area contributed by atoms with Gasteiger partial charge < -0.3 is 5.32 Å². The minimum absolute atomic E-state index is 0.0906. The van der Waals surface area contributed by atoms with Crippen LogP contribution in [-0.4, -0.2) is 36.6 Å². The first kappa shape index (κ1) is 23.6. The maximum Gasteiger partial charge on any atom is 0.193 e. The molecule has 9 heteroatoms. The molecule has 1 fully saturated rings. The number of thiophene rings is 1. The number of aliphatic imine (C=N–C) groups is 2. The highest BCUT2D eigenvalue weighted by Crippen LogP contribution is 2.43. The molecule has 0 amide bonds. The van der Waals surface area contributed by atoms with Crippen molar-refractivity contribution in [2.75, 3.05) is 6.54 Å². The molecule has 1 saturated carbocycles. The van der Waals surface area contributed by atoms with E-state index in [0.29, 0.717) is 30.1 Å². The molecule has 0 radical (unpaired) electrons. The highest BCUT2D eigenvalue weighted by Gasteiger charge is 2.44. The van der Waals surface area contributed by atoms with Gasteiger partial charge in [-0.3, -0.25) is 15.0 Å². The summed E-state index contributed by atoms with van der Waals surface area (Å²) in [6.07, 6.45) is 10.5. The number of nitrogens with one attached hydrogen (secondary N) is 1. The summed E-state index contributed by atoms with van der Waals surface area (Å²) in [5.41, 5.74) is 4.25. The fourth-order valence-electron chi connectivity index (χ4n) is 4.91. The van der Waals surface area contributed by atoms with Crippen LogP contribution in [0.25, 0.3) is 0 Å². The van der Waals surface area contributed by atoms with Gasteiger partial charge in [-0.05, 0) is 77.7 Å². The lowest BCUT2D eigenvalue weighted by atomic mass is 9.78. The zero-order chi connectivity index (χ0) is 23.8. The SMILES string of the molecule is CC1(S(=O)(=O)c2cccs2)CCC(C2=NC3=C(Br)C=NCC3C(NCc3cccnc3)=C2)CC1. The topological polar surface area (TPSA) is 83.8 Å². The van der Waals surface area contributed by atoms with Crippen molar-refractivity contribution < 1.29 is 8.42 Å². The van der Waals surface area contributed by atoms with Crippen LogP contribution in [0.2, 0.25) is 0 Å². The predicted octanol–water partition coefficient (Wildman–Crippen LogP) is 5.30. The van der Waals surface area contributed by atoms with Crippen LogP contribution in [0.1, 0.15) is 38.2 Å². The van der Waals surface area contributed by atoms with E-state index in [0.717, 1.165) is 40.0 Å². The van der Waals surface area contributed by atoms with Crippen molar-refractivity contribution in [2.45, 2.75) is 48.1 Å². The van der Waals surface area contributed by atoms with Crippen LogP contribution in [0.4, 0.5) is 0 Å². The highest BCUT2D eigenvalue weighted by atomic mass is 79.9. The summed E-state index contributed by atoms with van der Waals surface area (Å²) in [7, 11) is -3.34. The molecule has 1 unspecified atom stereocenters. The molecule has 34 heavy (non-hydrogen) atoms. The first-order valence-corrected chi connectivity index (χ1v) is 14.6. The molecule has 0 aromatic carbocycles. The number of fused-ring (bicyclic) bond motifs is 1. The summed E-state index contributed by atoms with van der Waals surface area (Å²) in [5.74, 6) is 0.322. The van der Waals surface area contributed by atoms with Crippen molar-refractivity contribution in [3.05, 3.63) is 69.6 Å². The van der Waals surface area contributed by atoms with Crippen molar-refractivity contribution in [2.24, 2.45) is 21.8 Å². The van der Waals surface area contributed by atoms with Crippen LogP contribution < -0.4 is 5.32 Å². The van der Waals surface area contributed by atoms with Crippen LogP contribution in [-0.2, 0) is 16.4 Å². The molecule has 1 atom stereocenters. The van der Waals surface area contributed by atoms with Gasteiger partial charge in [-0.15, -0.1) is 11.3 Å². The first-order chi connectivity index (χ1) is 16.4. The molecule has 0 bridgehead atoms. The Bertz CT molecular complexity index is 1270. The third kappa shape index (κ3) is 4.45. The van der Waals surface area contributed by atoms with Crippen LogP contribution in [0.5, 0.6) is 0 Å². The summed E-state index contributed by atoms with van der Waals surface area (Å²) in [5, 5.41) is 5.43. The molecule has 178 valence electrons. The summed E-state index contributed by atoms with van der Waals surface area (Å²) in [6.45, 7) is 3.25. The van der Waals surface area contributed by atoms with Crippen molar-refractivity contribution in [1.82, 2.24) is 10.3 Å². The molecular formula is C25H27BrN4O2S2. The Morgan fingerprint density at radius 3 is 2.76 bits per heavy atom. The van der Waals surface area contributed by atoms with Crippen molar-refractivity contribution in [1.29, 1.82) is 0 Å². The number of sulfone groups is 1. The van der Waals surface area contributed by atoms with E-state index in [1.165, 1.54) is 11.3 Å². The fraction of sp³-hybridized carbons (Fsp3) is 0.400. The Morgan fingerprint density at radius 2 is 2.06 bits per heavy atom. The minimum Gasteiger partial charge on any atom is -0.384 e. The van der Waals surface area contributed by atoms with Gasteiger partial charge in [-0.2, -0.15) is 0 Å². The average Bonchev–Trinajstić information content (AvgIpc) is 3.40. The Morgan fingerprint density at radius 1 is 1.24 bits per heavy atom. The second-order valence-corrected chi connectivity index (χ2v) is 13.8. The molecule has 1 aliphatic carbocycles. The number of rotatable bonds is 6. The Balaban J connectivity index is 1.37. The van der Waals surface area contributed by atoms with Gasteiger partial charge >= 0.3 is 0 Å². The highest BCUT2D eigenvalue weighted by molar-refractivity contribution is 9.12. The minimum atomic E-state index is -3.34. The van der Waals surface area contributed by atoms with Gasteiger partial charge in [0.1, 0.15) is 4.21 Å². The van der Waals surface area contributed by atoms with Crippen molar-refractivity contribution in [3.8, 4) is 0 Å². The maximum absolute atomic E-state index is 13.3. The molecule has 0 spiro atoms. The van der Waals surface area contributed by atoms with E-state index in [4.69, 9.17) is 4.99 Å². The zero-order valence-corrected chi connectivity index (χ0v) is 22.2. The molecule has 6 nitrogen and oxygen atoms in total. The van der Waals surface area contributed by atoms with Gasteiger partial charge in [0, 0.05) is 42.5 Å². The van der Waals surface area contributed by atoms with Crippen LogP contribution in [0.15, 0.2) is 78.2 Å². The third-order valence-corrected chi connectivity index (χ3v) is 11.7. The summed E-state index contributed by atoms with van der Waals surface area (Å²) in [4.78, 5) is 13.8. The van der Waals surface area contributed by atoms with E-state index in [2.05, 4.69) is 43.4 Å². The molecule has 0 saturated heterocycles. The third-order valence-electron chi connectivity index (χ3n) is 7.09. The number of hydrogen-bond donors (Lipinski definition) is 1. The number of hydrogen-bond acceptors (Lipinski definition) is 7. The van der Waals surface area contributed by atoms with Gasteiger partial charge in [0.15, 0.2) is 9.84 Å². The molecule has 2 aromatic rings. The van der Waals surface area contributed by atoms with Gasteiger partial charge in [-0.1, -0.05) is 12.1 Å². The molecular weight excluding hydrogens is 532 g/mol. The number of allylic oxidation sites excluding steroid dienone is 2. The quantitative estimate of drug-likeness (QED) is 0.521. The molecule has 4 heterocycles. The molecule has 1 N–H and O–H groups in total. The van der Waals surface area contributed by atoms with Crippen LogP contribution in [0, 0.1) is 11.8 Å². The predicted molar refractivity (Wildman–Crippen MR) is 141 cm³/mol. The standard InChI is InChI=1S/C25H27BrN4O2S2/c1-25(34(31,32)23-5-3-11-33-23)8-6-18(7-9-25)21-12-22(29-14-17-4-2-10-27-13-17)19-15-28-16-20(26)24(19)30-21/h2-5,10-13,16,18-19,29H,6-9,14-15H2,1H3. The normalized spacial score (nSPS) is 27.1. The van der Waals surface area contributed by atoms with E-state index >= 15 is 0 Å². The van der Waals surface area contributed by atoms with Crippen LogP contribution >= 0.6 is 27.3 Å². The second kappa shape index (κ2) is 9.51. The number of aromatic nitrogens is 1. The Kier molecular flexibility index (Phi) is 6.61. The van der Waals surface area contributed by atoms with Gasteiger partial charge in [-0.25, -0.2) is 8.42 Å². The van der Waals surface area contributed by atoms with E-state index in [9.17, 15) is 8.42 Å². The monoisotopic (exact) mass is 558 g/mol. The zero-order valence-electron chi connectivity index (χ0n) is 18.9.